The van der Waals surface area contributed by atoms with Gasteiger partial charge in [-0.25, -0.2) is 12.8 Å². The number of piperidine rings is 1. The molecule has 1 aromatic carbocycles. The monoisotopic (exact) mass is 419 g/mol. The zero-order valence-electron chi connectivity index (χ0n) is 16.3. The lowest BCUT2D eigenvalue weighted by atomic mass is 9.79. The molecule has 8 heteroatoms. The predicted octanol–water partition coefficient (Wildman–Crippen LogP) is 2.52. The molecule has 29 heavy (non-hydrogen) atoms. The minimum absolute atomic E-state index is 0.0174. The van der Waals surface area contributed by atoms with Crippen molar-refractivity contribution < 1.29 is 17.5 Å². The van der Waals surface area contributed by atoms with Gasteiger partial charge in [0.15, 0.2) is 0 Å². The maximum atomic E-state index is 13.5. The first kappa shape index (κ1) is 20.4. The molecule has 4 rings (SSSR count). The molecule has 2 aromatic rings. The Morgan fingerprint density at radius 2 is 1.97 bits per heavy atom. The predicted molar refractivity (Wildman–Crippen MR) is 107 cm³/mol. The molecule has 2 fully saturated rings. The SMILES string of the molecule is O=S(=O)(c1cccc(F)c1)N1CCC2(CC1)COCCN(Cc1cccnc1)C2. The van der Waals surface area contributed by atoms with Gasteiger partial charge in [0.2, 0.25) is 10.0 Å². The molecule has 0 unspecified atom stereocenters. The summed E-state index contributed by atoms with van der Waals surface area (Å²) in [6, 6.07) is 9.24. The smallest absolute Gasteiger partial charge is 0.243 e. The van der Waals surface area contributed by atoms with Gasteiger partial charge in [0, 0.05) is 50.5 Å². The molecule has 0 atom stereocenters. The molecule has 0 radical (unpaired) electrons. The Bertz CT molecular complexity index is 931. The van der Waals surface area contributed by atoms with E-state index < -0.39 is 15.8 Å². The Morgan fingerprint density at radius 1 is 1.14 bits per heavy atom. The van der Waals surface area contributed by atoms with Gasteiger partial charge in [-0.05, 0) is 42.7 Å². The van der Waals surface area contributed by atoms with E-state index in [2.05, 4.69) is 16.0 Å². The van der Waals surface area contributed by atoms with E-state index in [0.29, 0.717) is 26.3 Å². The number of rotatable bonds is 4. The molecular formula is C21H26FN3O3S. The fraction of sp³-hybridized carbons (Fsp3) is 0.476. The second-order valence-electron chi connectivity index (χ2n) is 7.99. The fourth-order valence-corrected chi connectivity index (χ4v) is 5.72. The van der Waals surface area contributed by atoms with Crippen LogP contribution in [0.1, 0.15) is 18.4 Å². The summed E-state index contributed by atoms with van der Waals surface area (Å²) in [5.41, 5.74) is 1.10. The Morgan fingerprint density at radius 3 is 2.69 bits per heavy atom. The van der Waals surface area contributed by atoms with Gasteiger partial charge in [-0.1, -0.05) is 12.1 Å². The van der Waals surface area contributed by atoms with Gasteiger partial charge in [0.1, 0.15) is 5.82 Å². The number of ether oxygens (including phenoxy) is 1. The first-order valence-electron chi connectivity index (χ1n) is 9.92. The first-order valence-corrected chi connectivity index (χ1v) is 11.4. The van der Waals surface area contributed by atoms with Crippen molar-refractivity contribution in [3.8, 4) is 0 Å². The van der Waals surface area contributed by atoms with Gasteiger partial charge in [-0.15, -0.1) is 0 Å². The van der Waals surface area contributed by atoms with Crippen LogP contribution in [0.25, 0.3) is 0 Å². The highest BCUT2D eigenvalue weighted by Gasteiger charge is 2.41. The lowest BCUT2D eigenvalue weighted by Gasteiger charge is -2.42. The second-order valence-corrected chi connectivity index (χ2v) is 9.92. The number of pyridine rings is 1. The highest BCUT2D eigenvalue weighted by Crippen LogP contribution is 2.36. The normalized spacial score (nSPS) is 21.1. The minimum atomic E-state index is -3.68. The summed E-state index contributed by atoms with van der Waals surface area (Å²) < 4.78 is 46.7. The number of sulfonamides is 1. The van der Waals surface area contributed by atoms with Crippen molar-refractivity contribution in [2.24, 2.45) is 5.41 Å². The third-order valence-electron chi connectivity index (χ3n) is 5.87. The minimum Gasteiger partial charge on any atom is -0.379 e. The van der Waals surface area contributed by atoms with Gasteiger partial charge in [0.05, 0.1) is 18.1 Å². The van der Waals surface area contributed by atoms with Gasteiger partial charge in [-0.2, -0.15) is 4.31 Å². The summed E-state index contributed by atoms with van der Waals surface area (Å²) in [7, 11) is -3.68. The topological polar surface area (TPSA) is 62.7 Å². The zero-order valence-corrected chi connectivity index (χ0v) is 17.2. The van der Waals surface area contributed by atoms with Crippen LogP contribution in [0.2, 0.25) is 0 Å². The lowest BCUT2D eigenvalue weighted by molar-refractivity contribution is 0.0307. The van der Waals surface area contributed by atoms with E-state index in [9.17, 15) is 12.8 Å². The second kappa shape index (κ2) is 8.47. The molecule has 2 aliphatic heterocycles. The molecule has 3 heterocycles. The molecule has 0 aliphatic carbocycles. The molecule has 6 nitrogen and oxygen atoms in total. The third kappa shape index (κ3) is 4.66. The standard InChI is InChI=1S/C21H26FN3O3S/c22-19-4-1-5-20(13-19)29(26,27)25-9-6-21(7-10-25)16-24(11-12-28-17-21)15-18-3-2-8-23-14-18/h1-5,8,13-14H,6-7,9-12,15-17H2. The Labute approximate surface area is 171 Å². The van der Waals surface area contributed by atoms with Gasteiger partial charge >= 0.3 is 0 Å². The molecule has 0 bridgehead atoms. The summed E-state index contributed by atoms with van der Waals surface area (Å²) in [6.45, 7) is 4.69. The van der Waals surface area contributed by atoms with E-state index in [0.717, 1.165) is 44.1 Å². The van der Waals surface area contributed by atoms with Crippen LogP contribution in [-0.4, -0.2) is 62.0 Å². The average molecular weight is 420 g/mol. The van der Waals surface area contributed by atoms with Crippen molar-refractivity contribution in [2.75, 3.05) is 39.4 Å². The highest BCUT2D eigenvalue weighted by molar-refractivity contribution is 7.89. The number of benzene rings is 1. The molecule has 156 valence electrons. The van der Waals surface area contributed by atoms with Gasteiger partial charge < -0.3 is 4.74 Å². The molecule has 1 aromatic heterocycles. The Balaban J connectivity index is 1.44. The van der Waals surface area contributed by atoms with Crippen molar-refractivity contribution >= 4 is 10.0 Å². The summed E-state index contributed by atoms with van der Waals surface area (Å²) >= 11 is 0. The van der Waals surface area contributed by atoms with E-state index in [1.807, 2.05) is 12.3 Å². The quantitative estimate of drug-likeness (QED) is 0.762. The molecule has 0 saturated carbocycles. The molecule has 2 aliphatic rings. The molecular weight excluding hydrogens is 393 g/mol. The number of hydrogen-bond donors (Lipinski definition) is 0. The Kier molecular flexibility index (Phi) is 5.96. The van der Waals surface area contributed by atoms with E-state index >= 15 is 0 Å². The van der Waals surface area contributed by atoms with Crippen LogP contribution in [0.4, 0.5) is 4.39 Å². The summed E-state index contributed by atoms with van der Waals surface area (Å²) in [6.07, 6.45) is 5.11. The largest absolute Gasteiger partial charge is 0.379 e. The highest BCUT2D eigenvalue weighted by atomic mass is 32.2. The van der Waals surface area contributed by atoms with Gasteiger partial charge in [-0.3, -0.25) is 9.88 Å². The van der Waals surface area contributed by atoms with E-state index in [1.54, 1.807) is 6.20 Å². The number of nitrogens with zero attached hydrogens (tertiary/aromatic N) is 3. The van der Waals surface area contributed by atoms with Crippen LogP contribution in [0.15, 0.2) is 53.7 Å². The van der Waals surface area contributed by atoms with Crippen molar-refractivity contribution in [2.45, 2.75) is 24.3 Å². The van der Waals surface area contributed by atoms with Crippen LogP contribution in [0, 0.1) is 11.2 Å². The molecule has 0 N–H and O–H groups in total. The first-order chi connectivity index (χ1) is 14.0. The van der Waals surface area contributed by atoms with Gasteiger partial charge in [0.25, 0.3) is 0 Å². The summed E-state index contributed by atoms with van der Waals surface area (Å²) in [5, 5.41) is 0. The molecule has 1 spiro atoms. The lowest BCUT2D eigenvalue weighted by Crippen LogP contribution is -2.48. The van der Waals surface area contributed by atoms with E-state index in [1.165, 1.54) is 22.5 Å². The van der Waals surface area contributed by atoms with Crippen LogP contribution in [0.5, 0.6) is 0 Å². The van der Waals surface area contributed by atoms with Crippen LogP contribution in [0.3, 0.4) is 0 Å². The fourth-order valence-electron chi connectivity index (χ4n) is 4.25. The number of hydrogen-bond acceptors (Lipinski definition) is 5. The average Bonchev–Trinajstić information content (AvgIpc) is 2.91. The van der Waals surface area contributed by atoms with E-state index in [-0.39, 0.29) is 10.3 Å². The molecule has 2 saturated heterocycles. The van der Waals surface area contributed by atoms with Crippen molar-refractivity contribution in [3.05, 3.63) is 60.2 Å². The van der Waals surface area contributed by atoms with Crippen LogP contribution < -0.4 is 0 Å². The van der Waals surface area contributed by atoms with Crippen molar-refractivity contribution in [3.63, 3.8) is 0 Å². The van der Waals surface area contributed by atoms with Crippen LogP contribution >= 0.6 is 0 Å². The summed E-state index contributed by atoms with van der Waals surface area (Å²) in [4.78, 5) is 6.58. The van der Waals surface area contributed by atoms with Crippen LogP contribution in [-0.2, 0) is 21.3 Å². The van der Waals surface area contributed by atoms with E-state index in [4.69, 9.17) is 4.74 Å². The number of aromatic nitrogens is 1. The maximum absolute atomic E-state index is 13.5. The molecule has 0 amide bonds. The number of halogens is 1. The summed E-state index contributed by atoms with van der Waals surface area (Å²) in [5.74, 6) is -0.539. The van der Waals surface area contributed by atoms with Crippen molar-refractivity contribution in [1.82, 2.24) is 14.2 Å². The Hall–Kier alpha value is -1.87. The van der Waals surface area contributed by atoms with Crippen molar-refractivity contribution in [1.29, 1.82) is 0 Å². The maximum Gasteiger partial charge on any atom is 0.243 e. The zero-order chi connectivity index (χ0) is 20.3. The third-order valence-corrected chi connectivity index (χ3v) is 7.76.